The van der Waals surface area contributed by atoms with E-state index < -0.39 is 0 Å². The van der Waals surface area contributed by atoms with Crippen LogP contribution < -0.4 is 10.2 Å². The highest BCUT2D eigenvalue weighted by atomic mass is 16.2. The summed E-state index contributed by atoms with van der Waals surface area (Å²) < 4.78 is 0. The summed E-state index contributed by atoms with van der Waals surface area (Å²) in [7, 11) is 0. The van der Waals surface area contributed by atoms with E-state index in [4.69, 9.17) is 0 Å². The van der Waals surface area contributed by atoms with Crippen LogP contribution in [0.4, 0.5) is 5.69 Å². The van der Waals surface area contributed by atoms with Crippen LogP contribution in [0.15, 0.2) is 54.6 Å². The summed E-state index contributed by atoms with van der Waals surface area (Å²) in [5.74, 6) is 0.303. The molecule has 128 valence electrons. The van der Waals surface area contributed by atoms with Gasteiger partial charge in [-0.2, -0.15) is 0 Å². The lowest BCUT2D eigenvalue weighted by Gasteiger charge is -2.17. The summed E-state index contributed by atoms with van der Waals surface area (Å²) in [6.45, 7) is 1.32. The predicted molar refractivity (Wildman–Crippen MR) is 97.2 cm³/mol. The van der Waals surface area contributed by atoms with Gasteiger partial charge in [-0.25, -0.2) is 0 Å². The first-order valence-corrected chi connectivity index (χ1v) is 8.92. The Hall–Kier alpha value is -2.62. The van der Waals surface area contributed by atoms with Crippen molar-refractivity contribution in [3.8, 4) is 0 Å². The van der Waals surface area contributed by atoms with Gasteiger partial charge in [0.1, 0.15) is 0 Å². The first kappa shape index (κ1) is 15.9. The number of hydrogen-bond acceptors (Lipinski definition) is 2. The average molecular weight is 334 g/mol. The van der Waals surface area contributed by atoms with Crippen molar-refractivity contribution in [2.45, 2.75) is 37.6 Å². The molecule has 1 N–H and O–H groups in total. The van der Waals surface area contributed by atoms with E-state index in [2.05, 4.69) is 5.32 Å². The minimum Gasteiger partial charge on any atom is -0.351 e. The van der Waals surface area contributed by atoms with E-state index >= 15 is 0 Å². The number of carbonyl (C=O) groups is 2. The van der Waals surface area contributed by atoms with E-state index in [0.717, 1.165) is 42.6 Å². The molecule has 0 radical (unpaired) electrons. The number of hydrogen-bond donors (Lipinski definition) is 1. The fourth-order valence-electron chi connectivity index (χ4n) is 3.60. The molecular formula is C21H22N2O2. The Morgan fingerprint density at radius 2 is 1.76 bits per heavy atom. The SMILES string of the molecule is O=C1CCCN1c1ccc(CNC(=O)C2(c3ccccc3)CC2)cc1. The second-order valence-corrected chi connectivity index (χ2v) is 6.95. The third kappa shape index (κ3) is 3.04. The van der Waals surface area contributed by atoms with Gasteiger partial charge in [0.05, 0.1) is 5.41 Å². The zero-order valence-electron chi connectivity index (χ0n) is 14.2. The van der Waals surface area contributed by atoms with Crippen LogP contribution in [-0.2, 0) is 21.5 Å². The molecule has 0 bridgehead atoms. The fraction of sp³-hybridized carbons (Fsp3) is 0.333. The summed E-state index contributed by atoms with van der Waals surface area (Å²) >= 11 is 0. The monoisotopic (exact) mass is 334 g/mol. The van der Waals surface area contributed by atoms with Gasteiger partial charge in [0.15, 0.2) is 0 Å². The van der Waals surface area contributed by atoms with Crippen molar-refractivity contribution in [1.29, 1.82) is 0 Å². The molecule has 0 unspecified atom stereocenters. The van der Waals surface area contributed by atoms with Crippen LogP contribution in [0.1, 0.15) is 36.8 Å². The van der Waals surface area contributed by atoms with Gasteiger partial charge in [-0.1, -0.05) is 42.5 Å². The highest BCUT2D eigenvalue weighted by Crippen LogP contribution is 2.48. The number of carbonyl (C=O) groups excluding carboxylic acids is 2. The largest absolute Gasteiger partial charge is 0.351 e. The van der Waals surface area contributed by atoms with Crippen LogP contribution in [0.2, 0.25) is 0 Å². The maximum absolute atomic E-state index is 12.7. The molecule has 4 heteroatoms. The summed E-state index contributed by atoms with van der Waals surface area (Å²) in [5, 5.41) is 3.08. The molecule has 0 atom stereocenters. The molecule has 4 nitrogen and oxygen atoms in total. The lowest BCUT2D eigenvalue weighted by molar-refractivity contribution is -0.123. The predicted octanol–water partition coefficient (Wildman–Crippen LogP) is 3.16. The van der Waals surface area contributed by atoms with Crippen molar-refractivity contribution in [2.75, 3.05) is 11.4 Å². The molecule has 25 heavy (non-hydrogen) atoms. The molecule has 2 amide bonds. The first-order valence-electron chi connectivity index (χ1n) is 8.92. The minimum absolute atomic E-state index is 0.109. The van der Waals surface area contributed by atoms with E-state index in [-0.39, 0.29) is 17.2 Å². The van der Waals surface area contributed by atoms with Crippen LogP contribution in [0.5, 0.6) is 0 Å². The molecule has 0 spiro atoms. The lowest BCUT2D eigenvalue weighted by Crippen LogP contribution is -2.34. The molecule has 2 aromatic rings. The van der Waals surface area contributed by atoms with Crippen molar-refractivity contribution in [2.24, 2.45) is 0 Å². The summed E-state index contributed by atoms with van der Waals surface area (Å²) in [6, 6.07) is 17.9. The molecule has 1 aliphatic carbocycles. The Morgan fingerprint density at radius 1 is 1.04 bits per heavy atom. The first-order chi connectivity index (χ1) is 12.2. The molecular weight excluding hydrogens is 312 g/mol. The number of rotatable bonds is 5. The van der Waals surface area contributed by atoms with Gasteiger partial charge in [0.25, 0.3) is 0 Å². The zero-order chi connectivity index (χ0) is 17.3. The van der Waals surface area contributed by atoms with Gasteiger partial charge in [0, 0.05) is 25.2 Å². The molecule has 2 aliphatic rings. The molecule has 4 rings (SSSR count). The van der Waals surface area contributed by atoms with Gasteiger partial charge in [-0.15, -0.1) is 0 Å². The maximum Gasteiger partial charge on any atom is 0.230 e. The molecule has 2 aromatic carbocycles. The van der Waals surface area contributed by atoms with Crippen LogP contribution in [0.25, 0.3) is 0 Å². The van der Waals surface area contributed by atoms with Crippen molar-refractivity contribution in [3.63, 3.8) is 0 Å². The third-order valence-electron chi connectivity index (χ3n) is 5.29. The number of nitrogens with one attached hydrogen (secondary N) is 1. The fourth-order valence-corrected chi connectivity index (χ4v) is 3.60. The van der Waals surface area contributed by atoms with Crippen molar-refractivity contribution in [1.82, 2.24) is 5.32 Å². The molecule has 1 saturated heterocycles. The smallest absolute Gasteiger partial charge is 0.230 e. The third-order valence-corrected chi connectivity index (χ3v) is 5.29. The van der Waals surface area contributed by atoms with Gasteiger partial charge < -0.3 is 10.2 Å². The second-order valence-electron chi connectivity index (χ2n) is 6.95. The Morgan fingerprint density at radius 3 is 2.36 bits per heavy atom. The molecule has 1 aliphatic heterocycles. The van der Waals surface area contributed by atoms with E-state index in [1.54, 1.807) is 0 Å². The lowest BCUT2D eigenvalue weighted by atomic mass is 9.95. The van der Waals surface area contributed by atoms with Crippen LogP contribution in [-0.4, -0.2) is 18.4 Å². The zero-order valence-corrected chi connectivity index (χ0v) is 14.2. The standard InChI is InChI=1S/C21H22N2O2/c24-19-7-4-14-23(19)18-10-8-16(9-11-18)15-22-20(25)21(12-13-21)17-5-2-1-3-6-17/h1-3,5-6,8-11H,4,7,12-15H2,(H,22,25). The highest BCUT2D eigenvalue weighted by molar-refractivity contribution is 5.95. The van der Waals surface area contributed by atoms with E-state index in [0.29, 0.717) is 13.0 Å². The molecule has 0 aromatic heterocycles. The van der Waals surface area contributed by atoms with Crippen LogP contribution in [0.3, 0.4) is 0 Å². The topological polar surface area (TPSA) is 49.4 Å². The number of benzene rings is 2. The Bertz CT molecular complexity index is 779. The average Bonchev–Trinajstić information content (AvgIpc) is 3.37. The maximum atomic E-state index is 12.7. The highest BCUT2D eigenvalue weighted by Gasteiger charge is 2.50. The molecule has 1 saturated carbocycles. The minimum atomic E-state index is -0.330. The normalized spacial score (nSPS) is 18.2. The van der Waals surface area contributed by atoms with Crippen LogP contribution in [0, 0.1) is 0 Å². The summed E-state index contributed by atoms with van der Waals surface area (Å²) in [4.78, 5) is 26.3. The van der Waals surface area contributed by atoms with E-state index in [1.807, 2.05) is 59.5 Å². The number of amides is 2. The van der Waals surface area contributed by atoms with Crippen molar-refractivity contribution >= 4 is 17.5 Å². The van der Waals surface area contributed by atoms with Gasteiger partial charge in [0.2, 0.25) is 11.8 Å². The number of nitrogens with zero attached hydrogens (tertiary/aromatic N) is 1. The van der Waals surface area contributed by atoms with Crippen molar-refractivity contribution < 1.29 is 9.59 Å². The van der Waals surface area contributed by atoms with E-state index in [1.165, 1.54) is 0 Å². The van der Waals surface area contributed by atoms with Gasteiger partial charge in [-0.05, 0) is 42.5 Å². The van der Waals surface area contributed by atoms with Gasteiger partial charge in [-0.3, -0.25) is 9.59 Å². The number of anilines is 1. The van der Waals surface area contributed by atoms with Crippen LogP contribution >= 0.6 is 0 Å². The molecule has 2 fully saturated rings. The quantitative estimate of drug-likeness (QED) is 0.913. The van der Waals surface area contributed by atoms with Crippen molar-refractivity contribution in [3.05, 3.63) is 65.7 Å². The Labute approximate surface area is 147 Å². The summed E-state index contributed by atoms with van der Waals surface area (Å²) in [5.41, 5.74) is 2.77. The Balaban J connectivity index is 1.38. The van der Waals surface area contributed by atoms with E-state index in [9.17, 15) is 9.59 Å². The van der Waals surface area contributed by atoms with Gasteiger partial charge >= 0.3 is 0 Å². The molecule has 1 heterocycles. The summed E-state index contributed by atoms with van der Waals surface area (Å²) in [6.07, 6.45) is 3.40. The Kier molecular flexibility index (Phi) is 4.04. The second kappa shape index (κ2) is 6.36.